The highest BCUT2D eigenvalue weighted by Gasteiger charge is 1.71. The largest absolute Gasteiger partial charge is 0.369 e. The first-order valence-electron chi connectivity index (χ1n) is 2.54. The predicted molar refractivity (Wildman–Crippen MR) is 37.2 cm³/mol. The lowest BCUT2D eigenvalue weighted by atomic mass is 10.6. The van der Waals surface area contributed by atoms with Gasteiger partial charge in [-0.3, -0.25) is 4.99 Å². The van der Waals surface area contributed by atoms with Gasteiger partial charge < -0.3 is 4.90 Å². The molecule has 2 nitrogen and oxygen atoms in total. The minimum absolute atomic E-state index is 0.707. The van der Waals surface area contributed by atoms with Gasteiger partial charge in [0.1, 0.15) is 0 Å². The molecule has 0 N–H and O–H groups in total. The molecule has 46 valence electrons. The minimum atomic E-state index is 0.707. The molecule has 0 aliphatic heterocycles. The van der Waals surface area contributed by atoms with Gasteiger partial charge >= 0.3 is 0 Å². The van der Waals surface area contributed by atoms with Crippen molar-refractivity contribution in [3.05, 3.63) is 12.7 Å². The fourth-order valence-corrected chi connectivity index (χ4v) is 0.285. The van der Waals surface area contributed by atoms with Crippen LogP contribution in [0.3, 0.4) is 0 Å². The Hall–Kier alpha value is -0.790. The minimum Gasteiger partial charge on any atom is -0.369 e. The Morgan fingerprint density at radius 1 is 1.62 bits per heavy atom. The monoisotopic (exact) mass is 112 g/mol. The van der Waals surface area contributed by atoms with Gasteiger partial charge in [-0.25, -0.2) is 0 Å². The van der Waals surface area contributed by atoms with Gasteiger partial charge in [0.05, 0.1) is 12.9 Å². The number of rotatable bonds is 3. The maximum Gasteiger partial charge on any atom is 0.0848 e. The lowest BCUT2D eigenvalue weighted by Crippen LogP contribution is -2.07. The molecule has 0 atom stereocenters. The summed E-state index contributed by atoms with van der Waals surface area (Å²) >= 11 is 0. The Morgan fingerprint density at radius 3 is 2.62 bits per heavy atom. The van der Waals surface area contributed by atoms with Crippen LogP contribution in [0, 0.1) is 0 Å². The topological polar surface area (TPSA) is 15.6 Å². The van der Waals surface area contributed by atoms with Crippen LogP contribution >= 0.6 is 0 Å². The van der Waals surface area contributed by atoms with E-state index in [9.17, 15) is 0 Å². The van der Waals surface area contributed by atoms with Crippen molar-refractivity contribution < 1.29 is 0 Å². The SMILES string of the molecule is C=CCN=CN(C)C. The van der Waals surface area contributed by atoms with Crippen LogP contribution in [0.25, 0.3) is 0 Å². The van der Waals surface area contributed by atoms with E-state index in [4.69, 9.17) is 0 Å². The van der Waals surface area contributed by atoms with E-state index in [0.29, 0.717) is 6.54 Å². The standard InChI is InChI=1S/C6H12N2/c1-4-5-7-6-8(2)3/h4,6H,1,5H2,2-3H3. The Labute approximate surface area is 50.5 Å². The lowest BCUT2D eigenvalue weighted by Gasteiger charge is -1.99. The molecule has 0 saturated heterocycles. The Morgan fingerprint density at radius 2 is 2.25 bits per heavy atom. The van der Waals surface area contributed by atoms with Crippen LogP contribution in [-0.2, 0) is 0 Å². The lowest BCUT2D eigenvalue weighted by molar-refractivity contribution is 0.640. The highest BCUT2D eigenvalue weighted by atomic mass is 15.1. The van der Waals surface area contributed by atoms with Gasteiger partial charge in [0.2, 0.25) is 0 Å². The second kappa shape index (κ2) is 4.37. The van der Waals surface area contributed by atoms with E-state index in [1.54, 1.807) is 12.4 Å². The fraction of sp³-hybridized carbons (Fsp3) is 0.500. The van der Waals surface area contributed by atoms with E-state index in [1.165, 1.54) is 0 Å². The van der Waals surface area contributed by atoms with Gasteiger partial charge in [-0.05, 0) is 0 Å². The summed E-state index contributed by atoms with van der Waals surface area (Å²) in [6.07, 6.45) is 3.53. The van der Waals surface area contributed by atoms with Crippen LogP contribution in [0.1, 0.15) is 0 Å². The molecule has 8 heavy (non-hydrogen) atoms. The van der Waals surface area contributed by atoms with Crippen molar-refractivity contribution in [1.82, 2.24) is 4.90 Å². The third-order valence-corrected chi connectivity index (χ3v) is 0.547. The summed E-state index contributed by atoms with van der Waals surface area (Å²) in [5.41, 5.74) is 0. The van der Waals surface area contributed by atoms with E-state index >= 15 is 0 Å². The third-order valence-electron chi connectivity index (χ3n) is 0.547. The summed E-state index contributed by atoms with van der Waals surface area (Å²) in [4.78, 5) is 5.86. The highest BCUT2D eigenvalue weighted by Crippen LogP contribution is 1.69. The summed E-state index contributed by atoms with van der Waals surface area (Å²) in [5, 5.41) is 0. The van der Waals surface area contributed by atoms with Crippen molar-refractivity contribution in [3.63, 3.8) is 0 Å². The van der Waals surface area contributed by atoms with Crippen LogP contribution in [0.5, 0.6) is 0 Å². The van der Waals surface area contributed by atoms with E-state index in [2.05, 4.69) is 11.6 Å². The van der Waals surface area contributed by atoms with E-state index in [1.807, 2.05) is 19.0 Å². The normalized spacial score (nSPS) is 9.75. The van der Waals surface area contributed by atoms with Gasteiger partial charge in [-0.1, -0.05) is 6.08 Å². The molecule has 0 spiro atoms. The second-order valence-corrected chi connectivity index (χ2v) is 1.73. The maximum absolute atomic E-state index is 3.97. The summed E-state index contributed by atoms with van der Waals surface area (Å²) < 4.78 is 0. The first-order valence-corrected chi connectivity index (χ1v) is 2.54. The van der Waals surface area contributed by atoms with Crippen molar-refractivity contribution >= 4 is 6.34 Å². The van der Waals surface area contributed by atoms with Crippen molar-refractivity contribution in [2.45, 2.75) is 0 Å². The zero-order valence-corrected chi connectivity index (χ0v) is 5.46. The maximum atomic E-state index is 3.97. The fourth-order valence-electron chi connectivity index (χ4n) is 0.285. The number of nitrogens with zero attached hydrogens (tertiary/aromatic N) is 2. The van der Waals surface area contributed by atoms with Crippen molar-refractivity contribution in [1.29, 1.82) is 0 Å². The quantitative estimate of drug-likeness (QED) is 0.299. The van der Waals surface area contributed by atoms with E-state index < -0.39 is 0 Å². The molecule has 0 unspecified atom stereocenters. The van der Waals surface area contributed by atoms with Crippen LogP contribution in [0.4, 0.5) is 0 Å². The van der Waals surface area contributed by atoms with Gasteiger partial charge in [-0.15, -0.1) is 6.58 Å². The summed E-state index contributed by atoms with van der Waals surface area (Å²) in [7, 11) is 3.87. The summed E-state index contributed by atoms with van der Waals surface area (Å²) in [6, 6.07) is 0. The predicted octanol–water partition coefficient (Wildman–Crippen LogP) is 0.762. The van der Waals surface area contributed by atoms with E-state index in [0.717, 1.165) is 0 Å². The Kier molecular flexibility index (Phi) is 3.94. The van der Waals surface area contributed by atoms with Gasteiger partial charge in [0.25, 0.3) is 0 Å². The molecule has 0 rings (SSSR count). The van der Waals surface area contributed by atoms with Crippen LogP contribution in [0.15, 0.2) is 17.6 Å². The molecular formula is C6H12N2. The molecule has 0 heterocycles. The summed E-state index contributed by atoms with van der Waals surface area (Å²) in [6.45, 7) is 4.23. The molecule has 0 aromatic carbocycles. The zero-order valence-electron chi connectivity index (χ0n) is 5.46. The first-order chi connectivity index (χ1) is 3.77. The molecule has 0 amide bonds. The molecule has 2 heteroatoms. The molecule has 0 radical (unpaired) electrons. The van der Waals surface area contributed by atoms with Crippen molar-refractivity contribution in [3.8, 4) is 0 Å². The third kappa shape index (κ3) is 5.21. The molecule has 0 saturated carbocycles. The van der Waals surface area contributed by atoms with Gasteiger partial charge in [0.15, 0.2) is 0 Å². The number of hydrogen-bond acceptors (Lipinski definition) is 1. The molecule has 0 fully saturated rings. The Balaban J connectivity index is 3.19. The van der Waals surface area contributed by atoms with Crippen LogP contribution < -0.4 is 0 Å². The average molecular weight is 112 g/mol. The molecular weight excluding hydrogens is 100 g/mol. The summed E-state index contributed by atoms with van der Waals surface area (Å²) in [5.74, 6) is 0. The molecule has 0 bridgehead atoms. The average Bonchev–Trinajstić information content (AvgIpc) is 1.66. The molecule has 0 aromatic rings. The van der Waals surface area contributed by atoms with Crippen molar-refractivity contribution in [2.75, 3.05) is 20.6 Å². The Bertz CT molecular complexity index is 84.5. The highest BCUT2D eigenvalue weighted by molar-refractivity contribution is 5.53. The second-order valence-electron chi connectivity index (χ2n) is 1.73. The molecule has 0 aliphatic carbocycles. The van der Waals surface area contributed by atoms with Crippen molar-refractivity contribution in [2.24, 2.45) is 4.99 Å². The number of aliphatic imine (C=N–C) groups is 1. The number of hydrogen-bond donors (Lipinski definition) is 0. The molecule has 0 aromatic heterocycles. The van der Waals surface area contributed by atoms with Crippen LogP contribution in [0.2, 0.25) is 0 Å². The molecule has 0 aliphatic rings. The zero-order chi connectivity index (χ0) is 6.41. The van der Waals surface area contributed by atoms with Crippen LogP contribution in [-0.4, -0.2) is 31.9 Å². The van der Waals surface area contributed by atoms with E-state index in [-0.39, 0.29) is 0 Å². The van der Waals surface area contributed by atoms with Gasteiger partial charge in [-0.2, -0.15) is 0 Å². The first kappa shape index (κ1) is 7.21. The smallest absolute Gasteiger partial charge is 0.0848 e. The van der Waals surface area contributed by atoms with Gasteiger partial charge in [0, 0.05) is 14.1 Å².